The zero-order valence-corrected chi connectivity index (χ0v) is 13.8. The second-order valence-electron chi connectivity index (χ2n) is 4.79. The Kier molecular flexibility index (Phi) is 11.0. The number of carboxylic acids is 2. The molecule has 5 nitrogen and oxygen atoms in total. The van der Waals surface area contributed by atoms with E-state index in [9.17, 15) is 14.4 Å². The smallest absolute Gasteiger partial charge is 0.335 e. The van der Waals surface area contributed by atoms with Gasteiger partial charge in [0.1, 0.15) is 5.78 Å². The quantitative estimate of drug-likeness (QED) is 0.879. The van der Waals surface area contributed by atoms with Gasteiger partial charge in [-0.3, -0.25) is 0 Å². The van der Waals surface area contributed by atoms with Crippen molar-refractivity contribution in [2.24, 2.45) is 0 Å². The first kappa shape index (κ1) is 21.0. The highest BCUT2D eigenvalue weighted by Gasteiger charge is 1.97. The Bertz CT molecular complexity index is 571. The van der Waals surface area contributed by atoms with Gasteiger partial charge in [0.15, 0.2) is 0 Å². The lowest BCUT2D eigenvalue weighted by Crippen LogP contribution is -1.93. The molecule has 24 heavy (non-hydrogen) atoms. The Labute approximate surface area is 141 Å². The van der Waals surface area contributed by atoms with Gasteiger partial charge >= 0.3 is 11.9 Å². The number of ketones is 1. The standard InChI is InChI=1S/2C7H6O2.C5H10O/c2*8-7(9)6-4-2-1-3-5-6;1-3-4-5(2)6/h2*1-5H,(H,8,9);3-4H2,1-2H3. The molecule has 0 bridgehead atoms. The van der Waals surface area contributed by atoms with Gasteiger partial charge in [-0.1, -0.05) is 43.3 Å². The lowest BCUT2D eigenvalue weighted by atomic mass is 10.2. The van der Waals surface area contributed by atoms with Crippen molar-refractivity contribution in [3.8, 4) is 0 Å². The van der Waals surface area contributed by atoms with E-state index in [0.717, 1.165) is 12.8 Å². The molecule has 0 unspecified atom stereocenters. The van der Waals surface area contributed by atoms with Gasteiger partial charge in [-0.2, -0.15) is 0 Å². The molecule has 5 heteroatoms. The molecule has 0 aliphatic rings. The zero-order chi connectivity index (χ0) is 18.4. The highest BCUT2D eigenvalue weighted by atomic mass is 16.4. The predicted octanol–water partition coefficient (Wildman–Crippen LogP) is 4.15. The topological polar surface area (TPSA) is 91.7 Å². The SMILES string of the molecule is CCCC(C)=O.O=C(O)c1ccccc1.O=C(O)c1ccccc1. The number of hydrogen-bond donors (Lipinski definition) is 2. The molecule has 0 saturated heterocycles. The largest absolute Gasteiger partial charge is 0.478 e. The first-order valence-electron chi connectivity index (χ1n) is 7.44. The van der Waals surface area contributed by atoms with Crippen LogP contribution in [0.15, 0.2) is 60.7 Å². The zero-order valence-electron chi connectivity index (χ0n) is 13.8. The minimum atomic E-state index is -0.879. The van der Waals surface area contributed by atoms with Crippen molar-refractivity contribution in [2.75, 3.05) is 0 Å². The van der Waals surface area contributed by atoms with Gasteiger partial charge in [-0.25, -0.2) is 9.59 Å². The maximum Gasteiger partial charge on any atom is 0.335 e. The molecule has 0 aliphatic heterocycles. The number of carbonyl (C=O) groups excluding carboxylic acids is 1. The number of hydrogen-bond acceptors (Lipinski definition) is 3. The van der Waals surface area contributed by atoms with E-state index >= 15 is 0 Å². The number of carbonyl (C=O) groups is 3. The van der Waals surface area contributed by atoms with Crippen molar-refractivity contribution in [2.45, 2.75) is 26.7 Å². The van der Waals surface area contributed by atoms with E-state index < -0.39 is 11.9 Å². The summed E-state index contributed by atoms with van der Waals surface area (Å²) < 4.78 is 0. The van der Waals surface area contributed by atoms with Crippen LogP contribution in [0.2, 0.25) is 0 Å². The molecule has 0 radical (unpaired) electrons. The molecule has 0 amide bonds. The van der Waals surface area contributed by atoms with E-state index in [1.165, 1.54) is 0 Å². The molecule has 2 rings (SSSR count). The summed E-state index contributed by atoms with van der Waals surface area (Å²) in [4.78, 5) is 30.4. The molecule has 2 aromatic rings. The minimum Gasteiger partial charge on any atom is -0.478 e. The Balaban J connectivity index is 0.000000340. The highest BCUT2D eigenvalue weighted by Crippen LogP contribution is 1.96. The molecular formula is C19H22O5. The molecule has 0 fully saturated rings. The third kappa shape index (κ3) is 10.7. The highest BCUT2D eigenvalue weighted by molar-refractivity contribution is 5.87. The van der Waals surface area contributed by atoms with Crippen molar-refractivity contribution in [3.63, 3.8) is 0 Å². The Morgan fingerprint density at radius 3 is 1.21 bits per heavy atom. The van der Waals surface area contributed by atoms with E-state index in [0.29, 0.717) is 11.1 Å². The minimum absolute atomic E-state index is 0.289. The molecule has 2 aromatic carbocycles. The summed E-state index contributed by atoms with van der Waals surface area (Å²) in [6.45, 7) is 3.62. The van der Waals surface area contributed by atoms with Gasteiger partial charge in [-0.15, -0.1) is 0 Å². The predicted molar refractivity (Wildman–Crippen MR) is 92.4 cm³/mol. The average molecular weight is 330 g/mol. The normalized spacial score (nSPS) is 8.75. The molecule has 0 heterocycles. The van der Waals surface area contributed by atoms with Crippen molar-refractivity contribution < 1.29 is 24.6 Å². The number of aromatic carboxylic acids is 2. The average Bonchev–Trinajstić information content (AvgIpc) is 2.57. The van der Waals surface area contributed by atoms with Gasteiger partial charge in [0, 0.05) is 6.42 Å². The van der Waals surface area contributed by atoms with Crippen LogP contribution in [0.3, 0.4) is 0 Å². The summed E-state index contributed by atoms with van der Waals surface area (Å²) in [5.74, 6) is -1.47. The number of benzene rings is 2. The lowest BCUT2D eigenvalue weighted by molar-refractivity contribution is -0.117. The molecule has 0 spiro atoms. The number of Topliss-reactive ketones (excluding diaryl/α,β-unsaturated/α-hetero) is 1. The van der Waals surface area contributed by atoms with Crippen LogP contribution >= 0.6 is 0 Å². The fourth-order valence-electron chi connectivity index (χ4n) is 1.51. The summed E-state index contributed by atoms with van der Waals surface area (Å²) in [6, 6.07) is 16.6. The Hall–Kier alpha value is -2.95. The van der Waals surface area contributed by atoms with Crippen LogP contribution in [-0.4, -0.2) is 27.9 Å². The van der Waals surface area contributed by atoms with E-state index in [-0.39, 0.29) is 5.78 Å². The van der Waals surface area contributed by atoms with Crippen molar-refractivity contribution in [1.29, 1.82) is 0 Å². The van der Waals surface area contributed by atoms with Crippen LogP contribution in [-0.2, 0) is 4.79 Å². The van der Waals surface area contributed by atoms with Crippen LogP contribution in [0, 0.1) is 0 Å². The van der Waals surface area contributed by atoms with Gasteiger partial charge in [0.05, 0.1) is 11.1 Å². The fraction of sp³-hybridized carbons (Fsp3) is 0.211. The summed E-state index contributed by atoms with van der Waals surface area (Å²) >= 11 is 0. The molecule has 128 valence electrons. The van der Waals surface area contributed by atoms with E-state index in [1.807, 2.05) is 6.92 Å². The fourth-order valence-corrected chi connectivity index (χ4v) is 1.51. The first-order chi connectivity index (χ1) is 11.4. The summed E-state index contributed by atoms with van der Waals surface area (Å²) in [6.07, 6.45) is 1.72. The molecule has 0 aliphatic carbocycles. The molecule has 0 saturated carbocycles. The first-order valence-corrected chi connectivity index (χ1v) is 7.44. The second kappa shape index (κ2) is 12.6. The third-order valence-corrected chi connectivity index (χ3v) is 2.64. The van der Waals surface area contributed by atoms with Gasteiger partial charge in [-0.05, 0) is 37.6 Å². The van der Waals surface area contributed by atoms with Crippen LogP contribution in [0.1, 0.15) is 47.4 Å². The third-order valence-electron chi connectivity index (χ3n) is 2.64. The molecule has 0 aromatic heterocycles. The summed E-state index contributed by atoms with van der Waals surface area (Å²) in [5, 5.41) is 16.8. The lowest BCUT2D eigenvalue weighted by Gasteiger charge is -1.88. The molecule has 2 N–H and O–H groups in total. The maximum atomic E-state index is 10.2. The van der Waals surface area contributed by atoms with Crippen LogP contribution in [0.4, 0.5) is 0 Å². The van der Waals surface area contributed by atoms with Crippen LogP contribution < -0.4 is 0 Å². The maximum absolute atomic E-state index is 10.2. The monoisotopic (exact) mass is 330 g/mol. The van der Waals surface area contributed by atoms with E-state index in [2.05, 4.69) is 0 Å². The van der Waals surface area contributed by atoms with Crippen LogP contribution in [0.5, 0.6) is 0 Å². The van der Waals surface area contributed by atoms with Crippen molar-refractivity contribution in [3.05, 3.63) is 71.8 Å². The summed E-state index contributed by atoms with van der Waals surface area (Å²) in [5.41, 5.74) is 0.662. The van der Waals surface area contributed by atoms with Crippen molar-refractivity contribution >= 4 is 17.7 Å². The Morgan fingerprint density at radius 2 is 1.08 bits per heavy atom. The van der Waals surface area contributed by atoms with Crippen molar-refractivity contribution in [1.82, 2.24) is 0 Å². The van der Waals surface area contributed by atoms with E-state index in [4.69, 9.17) is 10.2 Å². The second-order valence-corrected chi connectivity index (χ2v) is 4.79. The number of rotatable bonds is 4. The van der Waals surface area contributed by atoms with E-state index in [1.54, 1.807) is 67.6 Å². The Morgan fingerprint density at radius 1 is 0.750 bits per heavy atom. The van der Waals surface area contributed by atoms with Crippen LogP contribution in [0.25, 0.3) is 0 Å². The number of carboxylic acid groups (broad SMARTS) is 2. The summed E-state index contributed by atoms with van der Waals surface area (Å²) in [7, 11) is 0. The van der Waals surface area contributed by atoms with Gasteiger partial charge < -0.3 is 15.0 Å². The molecular weight excluding hydrogens is 308 g/mol. The molecule has 0 atom stereocenters. The van der Waals surface area contributed by atoms with Gasteiger partial charge in [0.2, 0.25) is 0 Å². The van der Waals surface area contributed by atoms with Gasteiger partial charge in [0.25, 0.3) is 0 Å².